The molecule has 27 heavy (non-hydrogen) atoms. The molecule has 0 spiro atoms. The SMILES string of the molecule is N[C@@H](CNC(=O)N[C@@H]1CCc2ccccc2C1)C(=O)OCc1ccccc1. The number of carbonyl (C=O) groups excluding carboxylic acids is 2. The highest BCUT2D eigenvalue weighted by atomic mass is 16.5. The third-order valence-corrected chi connectivity index (χ3v) is 4.69. The van der Waals surface area contributed by atoms with Crippen molar-refractivity contribution in [2.24, 2.45) is 5.73 Å². The van der Waals surface area contributed by atoms with Crippen LogP contribution in [0.1, 0.15) is 23.1 Å². The normalized spacial score (nSPS) is 16.7. The Bertz CT molecular complexity index is 779. The standard InChI is InChI=1S/C21H25N3O3/c22-19(20(25)27-14-15-6-2-1-3-7-15)13-23-21(26)24-18-11-10-16-8-4-5-9-17(16)12-18/h1-9,18-19H,10-14,22H2,(H2,23,24,26)/t18-,19+/m1/s1. The number of esters is 1. The fraction of sp³-hybridized carbons (Fsp3) is 0.333. The van der Waals surface area contributed by atoms with Gasteiger partial charge >= 0.3 is 12.0 Å². The fourth-order valence-corrected chi connectivity index (χ4v) is 3.18. The van der Waals surface area contributed by atoms with E-state index in [1.807, 2.05) is 42.5 Å². The zero-order valence-electron chi connectivity index (χ0n) is 15.2. The number of hydrogen-bond acceptors (Lipinski definition) is 4. The van der Waals surface area contributed by atoms with Crippen LogP contribution in [-0.4, -0.2) is 30.6 Å². The third kappa shape index (κ3) is 5.56. The van der Waals surface area contributed by atoms with E-state index in [0.29, 0.717) is 0 Å². The molecule has 0 saturated carbocycles. The van der Waals surface area contributed by atoms with Crippen molar-refractivity contribution in [3.63, 3.8) is 0 Å². The Morgan fingerprint density at radius 2 is 1.78 bits per heavy atom. The number of aryl methyl sites for hydroxylation is 1. The molecular weight excluding hydrogens is 342 g/mol. The molecule has 4 N–H and O–H groups in total. The summed E-state index contributed by atoms with van der Waals surface area (Å²) in [4.78, 5) is 24.0. The highest BCUT2D eigenvalue weighted by Gasteiger charge is 2.21. The number of fused-ring (bicyclic) bond motifs is 1. The number of ether oxygens (including phenoxy) is 1. The van der Waals surface area contributed by atoms with Gasteiger partial charge in [0.25, 0.3) is 0 Å². The first-order valence-electron chi connectivity index (χ1n) is 9.19. The van der Waals surface area contributed by atoms with Crippen molar-refractivity contribution in [2.45, 2.75) is 38.0 Å². The molecule has 0 bridgehead atoms. The summed E-state index contributed by atoms with van der Waals surface area (Å²) in [6, 6.07) is 16.5. The molecule has 142 valence electrons. The molecule has 3 rings (SSSR count). The lowest BCUT2D eigenvalue weighted by Gasteiger charge is -2.25. The van der Waals surface area contributed by atoms with Gasteiger partial charge in [0.15, 0.2) is 0 Å². The molecule has 0 radical (unpaired) electrons. The van der Waals surface area contributed by atoms with Crippen LogP contribution in [0.3, 0.4) is 0 Å². The molecule has 0 fully saturated rings. The second-order valence-corrected chi connectivity index (χ2v) is 6.76. The number of nitrogens with two attached hydrogens (primary N) is 1. The molecule has 0 unspecified atom stereocenters. The highest BCUT2D eigenvalue weighted by Crippen LogP contribution is 2.20. The van der Waals surface area contributed by atoms with Crippen molar-refractivity contribution >= 4 is 12.0 Å². The lowest BCUT2D eigenvalue weighted by atomic mass is 9.88. The Kier molecular flexibility index (Phi) is 6.44. The van der Waals surface area contributed by atoms with Crippen LogP contribution < -0.4 is 16.4 Å². The summed E-state index contributed by atoms with van der Waals surface area (Å²) in [5, 5.41) is 5.61. The maximum absolute atomic E-state index is 12.1. The van der Waals surface area contributed by atoms with Crippen molar-refractivity contribution < 1.29 is 14.3 Å². The number of hydrogen-bond donors (Lipinski definition) is 3. The van der Waals surface area contributed by atoms with Crippen LogP contribution >= 0.6 is 0 Å². The summed E-state index contributed by atoms with van der Waals surface area (Å²) < 4.78 is 5.18. The topological polar surface area (TPSA) is 93.5 Å². The smallest absolute Gasteiger partial charge is 0.325 e. The molecule has 2 amide bonds. The second kappa shape index (κ2) is 9.19. The van der Waals surface area contributed by atoms with E-state index < -0.39 is 12.0 Å². The van der Waals surface area contributed by atoms with Crippen molar-refractivity contribution in [3.05, 3.63) is 71.3 Å². The van der Waals surface area contributed by atoms with Gasteiger partial charge in [0.05, 0.1) is 0 Å². The molecular formula is C21H25N3O3. The molecule has 0 aliphatic heterocycles. The Balaban J connectivity index is 1.38. The van der Waals surface area contributed by atoms with Gasteiger partial charge in [0.2, 0.25) is 0 Å². The second-order valence-electron chi connectivity index (χ2n) is 6.76. The van der Waals surface area contributed by atoms with E-state index in [4.69, 9.17) is 10.5 Å². The predicted molar refractivity (Wildman–Crippen MR) is 103 cm³/mol. The molecule has 1 aliphatic rings. The Hall–Kier alpha value is -2.86. The van der Waals surface area contributed by atoms with Crippen LogP contribution in [0, 0.1) is 0 Å². The first kappa shape index (κ1) is 18.9. The number of nitrogens with one attached hydrogen (secondary N) is 2. The number of rotatable bonds is 6. The van der Waals surface area contributed by atoms with Gasteiger partial charge in [-0.2, -0.15) is 0 Å². The maximum Gasteiger partial charge on any atom is 0.325 e. The van der Waals surface area contributed by atoms with Gasteiger partial charge in [-0.25, -0.2) is 4.79 Å². The molecule has 6 nitrogen and oxygen atoms in total. The van der Waals surface area contributed by atoms with E-state index in [1.54, 1.807) is 0 Å². The fourth-order valence-electron chi connectivity index (χ4n) is 3.18. The summed E-state index contributed by atoms with van der Waals surface area (Å²) in [5.74, 6) is -0.536. The minimum Gasteiger partial charge on any atom is -0.460 e. The first-order valence-corrected chi connectivity index (χ1v) is 9.19. The largest absolute Gasteiger partial charge is 0.460 e. The van der Waals surface area contributed by atoms with E-state index in [1.165, 1.54) is 11.1 Å². The summed E-state index contributed by atoms with van der Waals surface area (Å²) in [6.45, 7) is 0.198. The summed E-state index contributed by atoms with van der Waals surface area (Å²) >= 11 is 0. The monoisotopic (exact) mass is 367 g/mol. The van der Waals surface area contributed by atoms with Crippen LogP contribution in [-0.2, 0) is 29.0 Å². The minimum atomic E-state index is -0.897. The van der Waals surface area contributed by atoms with Crippen LogP contribution in [0.2, 0.25) is 0 Å². The molecule has 2 atom stereocenters. The van der Waals surface area contributed by atoms with Crippen LogP contribution in [0.5, 0.6) is 0 Å². The van der Waals surface area contributed by atoms with Gasteiger partial charge in [0, 0.05) is 12.6 Å². The molecule has 1 aliphatic carbocycles. The van der Waals surface area contributed by atoms with Crippen LogP contribution in [0.25, 0.3) is 0 Å². The molecule has 2 aromatic carbocycles. The summed E-state index contributed by atoms with van der Waals surface area (Å²) in [7, 11) is 0. The van der Waals surface area contributed by atoms with Crippen molar-refractivity contribution in [3.8, 4) is 0 Å². The van der Waals surface area contributed by atoms with Gasteiger partial charge in [0.1, 0.15) is 12.6 Å². The minimum absolute atomic E-state index is 0.0305. The van der Waals surface area contributed by atoms with Crippen LogP contribution in [0.15, 0.2) is 54.6 Å². The molecule has 0 saturated heterocycles. The number of urea groups is 1. The number of amides is 2. The van der Waals surface area contributed by atoms with Crippen molar-refractivity contribution in [1.29, 1.82) is 0 Å². The predicted octanol–water partition coefficient (Wildman–Crippen LogP) is 1.91. The zero-order valence-corrected chi connectivity index (χ0v) is 15.2. The Labute approximate surface area is 159 Å². The summed E-state index contributed by atoms with van der Waals surface area (Å²) in [5.41, 5.74) is 9.32. The average molecular weight is 367 g/mol. The Morgan fingerprint density at radius 1 is 1.07 bits per heavy atom. The van der Waals surface area contributed by atoms with Gasteiger partial charge < -0.3 is 21.1 Å². The molecule has 0 aromatic heterocycles. The average Bonchev–Trinajstić information content (AvgIpc) is 2.71. The van der Waals surface area contributed by atoms with Crippen molar-refractivity contribution in [1.82, 2.24) is 10.6 Å². The van der Waals surface area contributed by atoms with Gasteiger partial charge in [-0.1, -0.05) is 54.6 Å². The number of carbonyl (C=O) groups is 2. The third-order valence-electron chi connectivity index (χ3n) is 4.69. The lowest BCUT2D eigenvalue weighted by Crippen LogP contribution is -2.49. The highest BCUT2D eigenvalue weighted by molar-refractivity contribution is 5.78. The first-order chi connectivity index (χ1) is 13.1. The zero-order chi connectivity index (χ0) is 19.1. The van der Waals surface area contributed by atoms with Gasteiger partial charge in [-0.15, -0.1) is 0 Å². The Morgan fingerprint density at radius 3 is 2.56 bits per heavy atom. The van der Waals surface area contributed by atoms with E-state index >= 15 is 0 Å². The maximum atomic E-state index is 12.1. The van der Waals surface area contributed by atoms with Gasteiger partial charge in [-0.3, -0.25) is 4.79 Å². The molecule has 2 aromatic rings. The van der Waals surface area contributed by atoms with E-state index in [9.17, 15) is 9.59 Å². The lowest BCUT2D eigenvalue weighted by molar-refractivity contribution is -0.146. The van der Waals surface area contributed by atoms with E-state index in [2.05, 4.69) is 22.8 Å². The van der Waals surface area contributed by atoms with Gasteiger partial charge in [-0.05, 0) is 36.0 Å². The summed E-state index contributed by atoms with van der Waals surface area (Å²) in [6.07, 6.45) is 2.66. The van der Waals surface area contributed by atoms with Crippen LogP contribution in [0.4, 0.5) is 4.79 Å². The quantitative estimate of drug-likeness (QED) is 0.680. The van der Waals surface area contributed by atoms with E-state index in [0.717, 1.165) is 24.8 Å². The van der Waals surface area contributed by atoms with Crippen molar-refractivity contribution in [2.75, 3.05) is 6.54 Å². The number of benzene rings is 2. The molecule has 0 heterocycles. The molecule has 6 heteroatoms. The van der Waals surface area contributed by atoms with E-state index in [-0.39, 0.29) is 25.2 Å².